The highest BCUT2D eigenvalue weighted by Gasteiger charge is 2.32. The minimum atomic E-state index is -3.34. The number of sulfone groups is 1. The molecule has 1 aromatic carbocycles. The number of ether oxygens (including phenoxy) is 1. The average molecular weight is 396 g/mol. The van der Waals surface area contributed by atoms with Crippen molar-refractivity contribution < 1.29 is 17.9 Å². The lowest BCUT2D eigenvalue weighted by Gasteiger charge is -2.33. The summed E-state index contributed by atoms with van der Waals surface area (Å²) in [4.78, 5) is 21.3. The number of hydrogen-bond donors (Lipinski definition) is 0. The van der Waals surface area contributed by atoms with Gasteiger partial charge in [-0.05, 0) is 25.0 Å². The van der Waals surface area contributed by atoms with E-state index in [2.05, 4.69) is 4.98 Å². The van der Waals surface area contributed by atoms with E-state index in [0.29, 0.717) is 25.2 Å². The summed E-state index contributed by atoms with van der Waals surface area (Å²) in [6, 6.07) is 5.19. The molecule has 2 fully saturated rings. The van der Waals surface area contributed by atoms with Gasteiger partial charge in [-0.15, -0.1) is 0 Å². The number of rotatable bonds is 3. The smallest absolute Gasteiger partial charge is 0.253 e. The number of nitrogens with zero attached hydrogens (tertiary/aromatic N) is 3. The van der Waals surface area contributed by atoms with Crippen LogP contribution in [0.25, 0.3) is 10.2 Å². The van der Waals surface area contributed by atoms with Gasteiger partial charge in [-0.25, -0.2) is 13.4 Å². The molecule has 140 valence electrons. The van der Waals surface area contributed by atoms with Crippen molar-refractivity contribution in [2.24, 2.45) is 0 Å². The molecule has 2 saturated heterocycles. The molecule has 0 aliphatic carbocycles. The topological polar surface area (TPSA) is 79.8 Å². The highest BCUT2D eigenvalue weighted by molar-refractivity contribution is 7.91. The molecule has 2 aliphatic rings. The van der Waals surface area contributed by atoms with Crippen LogP contribution in [-0.4, -0.2) is 69.4 Å². The molecule has 3 heterocycles. The monoisotopic (exact) mass is 395 g/mol. The second kappa shape index (κ2) is 6.79. The fourth-order valence-electron chi connectivity index (χ4n) is 3.46. The third-order valence-electron chi connectivity index (χ3n) is 4.80. The zero-order valence-corrected chi connectivity index (χ0v) is 16.2. The minimum Gasteiger partial charge on any atom is -0.365 e. The Morgan fingerprint density at radius 1 is 1.27 bits per heavy atom. The lowest BCUT2D eigenvalue weighted by atomic mass is 10.2. The molecule has 0 bridgehead atoms. The Morgan fingerprint density at radius 2 is 2.04 bits per heavy atom. The molecule has 4 rings (SSSR count). The number of likely N-dealkylation sites (tertiary alicyclic amines) is 1. The van der Waals surface area contributed by atoms with Crippen molar-refractivity contribution in [1.29, 1.82) is 0 Å². The summed E-state index contributed by atoms with van der Waals surface area (Å²) in [5.41, 5.74) is 0.504. The first-order chi connectivity index (χ1) is 12.4. The van der Waals surface area contributed by atoms with Crippen LogP contribution in [0.15, 0.2) is 23.1 Å². The van der Waals surface area contributed by atoms with Gasteiger partial charge in [0.05, 0.1) is 22.7 Å². The van der Waals surface area contributed by atoms with Crippen molar-refractivity contribution in [3.8, 4) is 0 Å². The van der Waals surface area contributed by atoms with Gasteiger partial charge in [0.2, 0.25) is 0 Å². The van der Waals surface area contributed by atoms with Crippen LogP contribution in [-0.2, 0) is 19.4 Å². The quantitative estimate of drug-likeness (QED) is 0.784. The second-order valence-electron chi connectivity index (χ2n) is 6.71. The fourth-order valence-corrected chi connectivity index (χ4v) is 5.38. The molecule has 0 spiro atoms. The Kier molecular flexibility index (Phi) is 4.62. The van der Waals surface area contributed by atoms with Gasteiger partial charge < -0.3 is 14.5 Å². The van der Waals surface area contributed by atoms with Gasteiger partial charge in [0.1, 0.15) is 5.52 Å². The largest absolute Gasteiger partial charge is 0.365 e. The van der Waals surface area contributed by atoms with Gasteiger partial charge in [0.25, 0.3) is 5.91 Å². The van der Waals surface area contributed by atoms with Crippen LogP contribution >= 0.6 is 11.3 Å². The Labute approximate surface area is 156 Å². The van der Waals surface area contributed by atoms with Crippen molar-refractivity contribution in [3.05, 3.63) is 18.2 Å². The number of amides is 1. The lowest BCUT2D eigenvalue weighted by Crippen LogP contribution is -2.50. The predicted molar refractivity (Wildman–Crippen MR) is 100 cm³/mol. The zero-order valence-electron chi connectivity index (χ0n) is 14.6. The van der Waals surface area contributed by atoms with E-state index >= 15 is 0 Å². The van der Waals surface area contributed by atoms with Gasteiger partial charge >= 0.3 is 0 Å². The van der Waals surface area contributed by atoms with E-state index in [4.69, 9.17) is 4.74 Å². The van der Waals surface area contributed by atoms with Gasteiger partial charge in [0, 0.05) is 25.9 Å². The predicted octanol–water partition coefficient (Wildman–Crippen LogP) is 1.53. The summed E-state index contributed by atoms with van der Waals surface area (Å²) in [6.07, 6.45) is 2.81. The van der Waals surface area contributed by atoms with Crippen molar-refractivity contribution >= 4 is 42.4 Å². The zero-order chi connectivity index (χ0) is 18.3. The van der Waals surface area contributed by atoms with Crippen LogP contribution in [0.2, 0.25) is 0 Å². The third-order valence-corrected chi connectivity index (χ3v) is 7.01. The molecular weight excluding hydrogens is 374 g/mol. The first-order valence-electron chi connectivity index (χ1n) is 8.68. The maximum Gasteiger partial charge on any atom is 0.253 e. The van der Waals surface area contributed by atoms with Crippen molar-refractivity contribution in [1.82, 2.24) is 9.88 Å². The van der Waals surface area contributed by atoms with Crippen molar-refractivity contribution in [2.75, 3.05) is 43.9 Å². The third kappa shape index (κ3) is 3.30. The molecule has 7 nitrogen and oxygen atoms in total. The first kappa shape index (κ1) is 17.7. The van der Waals surface area contributed by atoms with E-state index in [1.807, 2.05) is 15.9 Å². The molecule has 2 aromatic rings. The number of benzene rings is 1. The van der Waals surface area contributed by atoms with Crippen LogP contribution < -0.4 is 4.90 Å². The van der Waals surface area contributed by atoms with E-state index in [1.165, 1.54) is 17.6 Å². The fraction of sp³-hybridized carbons (Fsp3) is 0.529. The molecule has 0 N–H and O–H groups in total. The maximum absolute atomic E-state index is 12.6. The number of hydrogen-bond acceptors (Lipinski definition) is 7. The average Bonchev–Trinajstić information content (AvgIpc) is 3.29. The first-order valence-corrected chi connectivity index (χ1v) is 11.4. The van der Waals surface area contributed by atoms with Gasteiger partial charge in [-0.1, -0.05) is 17.4 Å². The summed E-state index contributed by atoms with van der Waals surface area (Å²) < 4.78 is 30.5. The van der Waals surface area contributed by atoms with E-state index in [1.54, 1.807) is 12.1 Å². The molecule has 0 saturated carbocycles. The van der Waals surface area contributed by atoms with E-state index < -0.39 is 15.9 Å². The van der Waals surface area contributed by atoms with Gasteiger partial charge in [-0.3, -0.25) is 4.79 Å². The minimum absolute atomic E-state index is 0.0464. The summed E-state index contributed by atoms with van der Waals surface area (Å²) >= 11 is 1.45. The maximum atomic E-state index is 12.6. The highest BCUT2D eigenvalue weighted by atomic mass is 32.2. The SMILES string of the molecule is CS(=O)(=O)c1cccc2sc(N3CCOC(C(=O)N4CCCC4)C3)nc12. The molecule has 1 unspecified atom stereocenters. The molecule has 1 aromatic heterocycles. The normalized spacial score (nSPS) is 21.5. The molecule has 9 heteroatoms. The number of fused-ring (bicyclic) bond motifs is 1. The number of para-hydroxylation sites is 1. The van der Waals surface area contributed by atoms with Crippen molar-refractivity contribution in [3.63, 3.8) is 0 Å². The number of morpholine rings is 1. The van der Waals surface area contributed by atoms with E-state index in [-0.39, 0.29) is 10.8 Å². The molecule has 2 aliphatic heterocycles. The van der Waals surface area contributed by atoms with Crippen molar-refractivity contribution in [2.45, 2.75) is 23.8 Å². The Bertz CT molecular complexity index is 935. The molecule has 0 radical (unpaired) electrons. The van der Waals surface area contributed by atoms with E-state index in [9.17, 15) is 13.2 Å². The number of aromatic nitrogens is 1. The molecule has 1 amide bonds. The highest BCUT2D eigenvalue weighted by Crippen LogP contribution is 2.33. The van der Waals surface area contributed by atoms with Crippen LogP contribution in [0, 0.1) is 0 Å². The number of thiazole rings is 1. The number of carbonyl (C=O) groups excluding carboxylic acids is 1. The Hall–Kier alpha value is -1.71. The van der Waals surface area contributed by atoms with Gasteiger partial charge in [-0.2, -0.15) is 0 Å². The summed E-state index contributed by atoms with van der Waals surface area (Å²) in [7, 11) is -3.34. The van der Waals surface area contributed by atoms with Gasteiger partial charge in [0.15, 0.2) is 21.1 Å². The van der Waals surface area contributed by atoms with Crippen LogP contribution in [0.5, 0.6) is 0 Å². The standard InChI is InChI=1S/C17H21N3O4S2/c1-26(22,23)14-6-4-5-13-15(14)18-17(25-13)20-9-10-24-12(11-20)16(21)19-7-2-3-8-19/h4-6,12H,2-3,7-11H2,1H3. The van der Waals surface area contributed by atoms with E-state index in [0.717, 1.165) is 35.8 Å². The van der Waals surface area contributed by atoms with Crippen LogP contribution in [0.4, 0.5) is 5.13 Å². The van der Waals surface area contributed by atoms with Crippen LogP contribution in [0.3, 0.4) is 0 Å². The lowest BCUT2D eigenvalue weighted by molar-refractivity contribution is -0.143. The number of anilines is 1. The Morgan fingerprint density at radius 3 is 2.77 bits per heavy atom. The van der Waals surface area contributed by atoms with Crippen LogP contribution in [0.1, 0.15) is 12.8 Å². The Balaban J connectivity index is 1.60. The summed E-state index contributed by atoms with van der Waals surface area (Å²) in [5.74, 6) is 0.0464. The number of carbonyl (C=O) groups is 1. The second-order valence-corrected chi connectivity index (χ2v) is 9.70. The molecule has 26 heavy (non-hydrogen) atoms. The summed E-state index contributed by atoms with van der Waals surface area (Å²) in [5, 5.41) is 0.735. The molecular formula is C17H21N3O4S2. The molecule has 1 atom stereocenters. The summed E-state index contributed by atoms with van der Waals surface area (Å²) in [6.45, 7) is 3.15.